The highest BCUT2D eigenvalue weighted by molar-refractivity contribution is 5.27. The molecule has 0 heterocycles. The summed E-state index contributed by atoms with van der Waals surface area (Å²) in [7, 11) is 0. The summed E-state index contributed by atoms with van der Waals surface area (Å²) in [6.07, 6.45) is 16.9. The lowest BCUT2D eigenvalue weighted by Gasteiger charge is -2.27. The van der Waals surface area contributed by atoms with Crippen molar-refractivity contribution in [2.45, 2.75) is 128 Å². The van der Waals surface area contributed by atoms with Crippen molar-refractivity contribution in [2.75, 3.05) is 0 Å². The van der Waals surface area contributed by atoms with Crippen LogP contribution in [0.15, 0.2) is 72.8 Å². The Balaban J connectivity index is 0.000000231. The van der Waals surface area contributed by atoms with Crippen LogP contribution in [-0.2, 0) is 12.8 Å². The van der Waals surface area contributed by atoms with E-state index in [1.807, 2.05) is 0 Å². The third kappa shape index (κ3) is 12.5. The summed E-state index contributed by atoms with van der Waals surface area (Å²) >= 11 is 0. The maximum absolute atomic E-state index is 12.3. The molecule has 4 heteroatoms. The van der Waals surface area contributed by atoms with E-state index in [-0.39, 0.29) is 11.8 Å². The van der Waals surface area contributed by atoms with Gasteiger partial charge in [0, 0.05) is 0 Å². The van der Waals surface area contributed by atoms with Crippen molar-refractivity contribution in [2.24, 2.45) is 11.8 Å². The molecule has 0 unspecified atom stereocenters. The second-order valence-corrected chi connectivity index (χ2v) is 12.5. The van der Waals surface area contributed by atoms with E-state index >= 15 is 0 Å². The van der Waals surface area contributed by atoms with E-state index in [1.54, 1.807) is 0 Å². The van der Waals surface area contributed by atoms with E-state index in [0.29, 0.717) is 11.8 Å². The fraction of sp³-hybridized carbons (Fsp3) is 0.579. The van der Waals surface area contributed by atoms with Crippen LogP contribution >= 0.6 is 0 Å². The van der Waals surface area contributed by atoms with Gasteiger partial charge < -0.3 is 0 Å². The Labute approximate surface area is 252 Å². The Hall–Kier alpha value is -2.36. The molecule has 0 N–H and O–H groups in total. The summed E-state index contributed by atoms with van der Waals surface area (Å²) in [5, 5.41) is 0. The Bertz CT molecular complexity index is 1050. The molecule has 0 bridgehead atoms. The lowest BCUT2D eigenvalue weighted by atomic mass is 9.78. The number of halogens is 4. The van der Waals surface area contributed by atoms with Gasteiger partial charge in [0.2, 0.25) is 0 Å². The summed E-state index contributed by atoms with van der Waals surface area (Å²) in [5.74, 6) is 1.28. The van der Waals surface area contributed by atoms with Crippen molar-refractivity contribution in [1.82, 2.24) is 0 Å². The monoisotopic (exact) mass is 584 g/mol. The fourth-order valence-electron chi connectivity index (χ4n) is 6.64. The molecule has 2 aliphatic carbocycles. The Kier molecular flexibility index (Phi) is 15.5. The molecule has 42 heavy (non-hydrogen) atoms. The molecule has 0 radical (unpaired) electrons. The van der Waals surface area contributed by atoms with E-state index in [4.69, 9.17) is 0 Å². The van der Waals surface area contributed by atoms with E-state index in [1.165, 1.54) is 67.2 Å². The maximum Gasteiger partial charge on any atom is 0.266 e. The summed E-state index contributed by atoms with van der Waals surface area (Å²) in [4.78, 5) is 0. The fourth-order valence-corrected chi connectivity index (χ4v) is 6.64. The van der Waals surface area contributed by atoms with Crippen LogP contribution in [0.1, 0.15) is 138 Å². The van der Waals surface area contributed by atoms with Gasteiger partial charge in [-0.3, -0.25) is 0 Å². The molecule has 4 rings (SSSR count). The van der Waals surface area contributed by atoms with Gasteiger partial charge >= 0.3 is 0 Å². The SMILES string of the molecule is CCCCCCc1ccc(C2CCC(C=C(F)F)CC2)cc1.CCCCc1ccc(C2CCC(C=C(F)F)CC2)cc1. The number of hydrogen-bond donors (Lipinski definition) is 0. The summed E-state index contributed by atoms with van der Waals surface area (Å²) in [6.45, 7) is 4.45. The molecule has 232 valence electrons. The minimum atomic E-state index is -1.52. The summed E-state index contributed by atoms with van der Waals surface area (Å²) < 4.78 is 49.1. The number of allylic oxidation sites excluding steroid dienone is 2. The number of unbranched alkanes of at least 4 members (excludes halogenated alkanes) is 4. The topological polar surface area (TPSA) is 0 Å². The van der Waals surface area contributed by atoms with Crippen LogP contribution in [0.2, 0.25) is 0 Å². The lowest BCUT2D eigenvalue weighted by molar-refractivity contribution is 0.350. The van der Waals surface area contributed by atoms with Gasteiger partial charge in [-0.1, -0.05) is 88.1 Å². The van der Waals surface area contributed by atoms with Crippen molar-refractivity contribution in [3.8, 4) is 0 Å². The number of benzene rings is 2. The molecule has 0 atom stereocenters. The molecule has 0 aliphatic heterocycles. The zero-order valence-corrected chi connectivity index (χ0v) is 25.9. The van der Waals surface area contributed by atoms with Crippen molar-refractivity contribution in [3.05, 3.63) is 95.1 Å². The first-order valence-electron chi connectivity index (χ1n) is 16.6. The van der Waals surface area contributed by atoms with E-state index in [2.05, 4.69) is 62.4 Å². The first kappa shape index (κ1) is 34.1. The second-order valence-electron chi connectivity index (χ2n) is 12.5. The Morgan fingerprint density at radius 2 is 0.905 bits per heavy atom. The third-order valence-corrected chi connectivity index (χ3v) is 9.31. The van der Waals surface area contributed by atoms with Gasteiger partial charge in [-0.2, -0.15) is 17.6 Å². The predicted octanol–water partition coefficient (Wildman–Crippen LogP) is 12.9. The second kappa shape index (κ2) is 19.0. The molecule has 2 aliphatic rings. The summed E-state index contributed by atoms with van der Waals surface area (Å²) in [6, 6.07) is 18.0. The first-order valence-corrected chi connectivity index (χ1v) is 16.6. The van der Waals surface area contributed by atoms with Crippen molar-refractivity contribution in [1.29, 1.82) is 0 Å². The number of aryl methyl sites for hydroxylation is 2. The molecule has 0 saturated heterocycles. The van der Waals surface area contributed by atoms with Crippen molar-refractivity contribution < 1.29 is 17.6 Å². The average molecular weight is 585 g/mol. The Morgan fingerprint density at radius 1 is 0.524 bits per heavy atom. The largest absolute Gasteiger partial charge is 0.266 e. The van der Waals surface area contributed by atoms with Gasteiger partial charge in [0.05, 0.1) is 0 Å². The van der Waals surface area contributed by atoms with Crippen LogP contribution < -0.4 is 0 Å². The number of rotatable bonds is 12. The third-order valence-electron chi connectivity index (χ3n) is 9.31. The zero-order valence-electron chi connectivity index (χ0n) is 25.9. The molecule has 0 spiro atoms. The van der Waals surface area contributed by atoms with E-state index in [0.717, 1.165) is 69.9 Å². The van der Waals surface area contributed by atoms with E-state index < -0.39 is 12.2 Å². The molecule has 2 aromatic carbocycles. The highest BCUT2D eigenvalue weighted by Gasteiger charge is 2.23. The molecule has 0 nitrogen and oxygen atoms in total. The smallest absolute Gasteiger partial charge is 0.174 e. The standard InChI is InChI=1S/C20H28F2.C18H24F2/c1-2-3-4-5-6-16-7-11-18(12-8-16)19-13-9-17(10-14-19)15-20(21)22;1-2-3-4-14-5-9-16(10-6-14)17-11-7-15(8-12-17)13-18(19)20/h7-8,11-12,15,17,19H,2-6,9-10,13-14H2,1H3;5-6,9-10,13,15,17H,2-4,7-8,11-12H2,1H3. The quantitative estimate of drug-likeness (QED) is 0.172. The molecule has 2 aromatic rings. The van der Waals surface area contributed by atoms with Crippen LogP contribution in [-0.4, -0.2) is 0 Å². The molecular formula is C38H52F4. The van der Waals surface area contributed by atoms with Gasteiger partial charge in [0.25, 0.3) is 12.2 Å². The normalized spacial score (nSPS) is 22.0. The van der Waals surface area contributed by atoms with Crippen LogP contribution in [0.4, 0.5) is 17.6 Å². The number of hydrogen-bond acceptors (Lipinski definition) is 0. The van der Waals surface area contributed by atoms with E-state index in [9.17, 15) is 17.6 Å². The highest BCUT2D eigenvalue weighted by atomic mass is 19.3. The first-order chi connectivity index (χ1) is 20.4. The zero-order chi connectivity index (χ0) is 30.2. The summed E-state index contributed by atoms with van der Waals surface area (Å²) in [5.41, 5.74) is 5.61. The molecule has 2 fully saturated rings. The average Bonchev–Trinajstić information content (AvgIpc) is 2.99. The van der Waals surface area contributed by atoms with Crippen LogP contribution in [0.3, 0.4) is 0 Å². The van der Waals surface area contributed by atoms with Crippen LogP contribution in [0, 0.1) is 11.8 Å². The van der Waals surface area contributed by atoms with Gasteiger partial charge in [-0.05, 0) is 135 Å². The molecular weight excluding hydrogens is 532 g/mol. The highest BCUT2D eigenvalue weighted by Crippen LogP contribution is 2.38. The van der Waals surface area contributed by atoms with Crippen molar-refractivity contribution >= 4 is 0 Å². The van der Waals surface area contributed by atoms with Gasteiger partial charge in [-0.15, -0.1) is 0 Å². The minimum Gasteiger partial charge on any atom is -0.174 e. The van der Waals surface area contributed by atoms with Gasteiger partial charge in [0.15, 0.2) is 0 Å². The maximum atomic E-state index is 12.3. The molecule has 0 amide bonds. The van der Waals surface area contributed by atoms with Crippen LogP contribution in [0.5, 0.6) is 0 Å². The minimum absolute atomic E-state index is 0.0825. The van der Waals surface area contributed by atoms with Gasteiger partial charge in [0.1, 0.15) is 0 Å². The predicted molar refractivity (Wildman–Crippen MR) is 169 cm³/mol. The lowest BCUT2D eigenvalue weighted by Crippen LogP contribution is -2.11. The Morgan fingerprint density at radius 3 is 1.26 bits per heavy atom. The van der Waals surface area contributed by atoms with Gasteiger partial charge in [-0.25, -0.2) is 0 Å². The molecule has 0 aromatic heterocycles. The molecule has 2 saturated carbocycles. The van der Waals surface area contributed by atoms with Crippen molar-refractivity contribution in [3.63, 3.8) is 0 Å². The van der Waals surface area contributed by atoms with Crippen LogP contribution in [0.25, 0.3) is 0 Å².